The Morgan fingerprint density at radius 2 is 1.95 bits per heavy atom. The number of fused-ring (bicyclic) bond motifs is 1. The fraction of sp³-hybridized carbons (Fsp3) is 0.333. The number of ether oxygens (including phenoxy) is 1. The van der Waals surface area contributed by atoms with Crippen LogP contribution in [0.2, 0.25) is 0 Å². The summed E-state index contributed by atoms with van der Waals surface area (Å²) in [5.74, 6) is 0.740. The predicted molar refractivity (Wildman–Crippen MR) is 157 cm³/mol. The quantitative estimate of drug-likeness (QED) is 0.283. The highest BCUT2D eigenvalue weighted by molar-refractivity contribution is 6.02. The van der Waals surface area contributed by atoms with Crippen molar-refractivity contribution in [2.45, 2.75) is 24.8 Å². The van der Waals surface area contributed by atoms with E-state index in [0.717, 1.165) is 48.5 Å². The molecule has 3 saturated carbocycles. The molecule has 1 amide bonds. The van der Waals surface area contributed by atoms with E-state index in [1.165, 1.54) is 6.08 Å². The number of hydrogen-bond donors (Lipinski definition) is 2. The summed E-state index contributed by atoms with van der Waals surface area (Å²) in [6.07, 6.45) is 10.1. The van der Waals surface area contributed by atoms with E-state index in [2.05, 4.69) is 58.1 Å². The van der Waals surface area contributed by atoms with Crippen molar-refractivity contribution in [1.29, 1.82) is 0 Å². The Morgan fingerprint density at radius 3 is 2.67 bits per heavy atom. The van der Waals surface area contributed by atoms with Crippen LogP contribution in [-0.2, 0) is 4.79 Å². The fourth-order valence-electron chi connectivity index (χ4n) is 6.59. The zero-order valence-electron chi connectivity index (χ0n) is 23.3. The van der Waals surface area contributed by atoms with E-state index >= 15 is 0 Å². The molecule has 0 unspecified atom stereocenters. The predicted octanol–water partition coefficient (Wildman–Crippen LogP) is 4.59. The lowest BCUT2D eigenvalue weighted by Gasteiger charge is -2.74. The highest BCUT2D eigenvalue weighted by Crippen LogP contribution is 2.70. The summed E-state index contributed by atoms with van der Waals surface area (Å²) >= 11 is 0. The Labute approximate surface area is 233 Å². The second kappa shape index (κ2) is 9.63. The molecule has 2 N–H and O–H groups in total. The maximum atomic E-state index is 12.4. The smallest absolute Gasteiger partial charge is 0.247 e. The van der Waals surface area contributed by atoms with Crippen molar-refractivity contribution >= 4 is 34.6 Å². The minimum atomic E-state index is -0.279. The van der Waals surface area contributed by atoms with Crippen molar-refractivity contribution in [3.05, 3.63) is 67.6 Å². The van der Waals surface area contributed by atoms with Gasteiger partial charge in [-0.15, -0.1) is 0 Å². The average molecular weight is 539 g/mol. The van der Waals surface area contributed by atoms with Gasteiger partial charge in [-0.05, 0) is 69.1 Å². The molecule has 1 aromatic carbocycles. The number of anilines is 4. The molecule has 4 aromatic rings. The third-order valence-corrected chi connectivity index (χ3v) is 8.18. The zero-order valence-corrected chi connectivity index (χ0v) is 23.3. The van der Waals surface area contributed by atoms with Crippen molar-refractivity contribution in [1.82, 2.24) is 24.3 Å². The molecule has 3 heterocycles. The number of pyridine rings is 1. The Morgan fingerprint density at radius 1 is 1.15 bits per heavy atom. The van der Waals surface area contributed by atoms with Crippen LogP contribution in [0.15, 0.2) is 67.6 Å². The summed E-state index contributed by atoms with van der Waals surface area (Å²) < 4.78 is 7.79. The standard InChI is InChI=1S/C30H34N8O2/c1-6-27(39)33-21-13-22(25(40-5)14-23(21)37(4)30-16-29(17-30,18-30)19-36(2)3)35-28-31-11-10-20(34-28)24-15-32-26-9-7-8-12-38(24)26/h6-15H,1,16-19H2,2-5H3,(H,33,39)(H,31,34,35). The van der Waals surface area contributed by atoms with E-state index in [1.807, 2.05) is 47.0 Å². The van der Waals surface area contributed by atoms with Gasteiger partial charge in [-0.3, -0.25) is 9.20 Å². The Hall–Kier alpha value is -4.44. The molecular weight excluding hydrogens is 504 g/mol. The molecule has 0 radical (unpaired) electrons. The minimum absolute atomic E-state index is 0.0923. The van der Waals surface area contributed by atoms with E-state index in [1.54, 1.807) is 19.5 Å². The molecule has 2 bridgehead atoms. The van der Waals surface area contributed by atoms with Gasteiger partial charge in [0, 0.05) is 37.6 Å². The Bertz CT molecular complexity index is 1590. The van der Waals surface area contributed by atoms with Gasteiger partial charge in [0.05, 0.1) is 41.8 Å². The number of nitrogens with one attached hydrogen (secondary N) is 2. The number of nitrogens with zero attached hydrogens (tertiary/aromatic N) is 6. The van der Waals surface area contributed by atoms with Gasteiger partial charge in [0.2, 0.25) is 11.9 Å². The third kappa shape index (κ3) is 4.34. The first-order valence-corrected chi connectivity index (χ1v) is 13.3. The molecule has 7 rings (SSSR count). The lowest BCUT2D eigenvalue weighted by molar-refractivity contribution is -0.143. The number of carbonyl (C=O) groups is 1. The first kappa shape index (κ1) is 25.8. The van der Waals surface area contributed by atoms with E-state index in [4.69, 9.17) is 9.72 Å². The molecule has 3 aromatic heterocycles. The first-order chi connectivity index (χ1) is 19.2. The van der Waals surface area contributed by atoms with Gasteiger partial charge in [-0.25, -0.2) is 15.0 Å². The average Bonchev–Trinajstić information content (AvgIpc) is 3.34. The van der Waals surface area contributed by atoms with Crippen LogP contribution in [0.5, 0.6) is 5.75 Å². The highest BCUT2D eigenvalue weighted by Gasteiger charge is 2.69. The number of benzene rings is 1. The maximum Gasteiger partial charge on any atom is 0.247 e. The summed E-state index contributed by atoms with van der Waals surface area (Å²) in [6, 6.07) is 11.5. The molecular formula is C30H34N8O2. The lowest BCUT2D eigenvalue weighted by Crippen LogP contribution is -2.76. The van der Waals surface area contributed by atoms with Crippen molar-refractivity contribution in [2.75, 3.05) is 50.3 Å². The number of carbonyl (C=O) groups excluding carboxylic acids is 1. The maximum absolute atomic E-state index is 12.4. The topological polar surface area (TPSA) is 99.9 Å². The molecule has 0 saturated heterocycles. The molecule has 0 aliphatic heterocycles. The zero-order chi connectivity index (χ0) is 28.1. The van der Waals surface area contributed by atoms with Gasteiger partial charge in [0.15, 0.2) is 0 Å². The van der Waals surface area contributed by atoms with Gasteiger partial charge in [0.1, 0.15) is 11.4 Å². The SMILES string of the molecule is C=CC(=O)Nc1cc(Nc2nccc(-c3cnc4ccccn34)n2)c(OC)cc1N(C)C12CC(CN(C)C)(C1)C2. The molecule has 3 aliphatic rings. The van der Waals surface area contributed by atoms with Crippen LogP contribution in [0.3, 0.4) is 0 Å². The first-order valence-electron chi connectivity index (χ1n) is 13.3. The minimum Gasteiger partial charge on any atom is -0.494 e. The number of hydrogen-bond acceptors (Lipinski definition) is 8. The van der Waals surface area contributed by atoms with E-state index < -0.39 is 0 Å². The summed E-state index contributed by atoms with van der Waals surface area (Å²) in [4.78, 5) is 30.7. The lowest BCUT2D eigenvalue weighted by atomic mass is 9.38. The molecule has 206 valence electrons. The van der Waals surface area contributed by atoms with Gasteiger partial charge in [-0.2, -0.15) is 0 Å². The van der Waals surface area contributed by atoms with Crippen LogP contribution < -0.4 is 20.3 Å². The van der Waals surface area contributed by atoms with Gasteiger partial charge >= 0.3 is 0 Å². The molecule has 40 heavy (non-hydrogen) atoms. The normalized spacial score (nSPS) is 20.9. The molecule has 0 spiro atoms. The van der Waals surface area contributed by atoms with Gasteiger partial charge < -0.3 is 25.2 Å². The molecule has 3 fully saturated rings. The van der Waals surface area contributed by atoms with Crippen molar-refractivity contribution in [3.8, 4) is 17.1 Å². The number of imidazole rings is 1. The van der Waals surface area contributed by atoms with Crippen LogP contribution >= 0.6 is 0 Å². The van der Waals surface area contributed by atoms with E-state index in [-0.39, 0.29) is 11.4 Å². The summed E-state index contributed by atoms with van der Waals surface area (Å²) in [7, 11) is 8.00. The summed E-state index contributed by atoms with van der Waals surface area (Å²) in [5, 5.41) is 6.29. The largest absolute Gasteiger partial charge is 0.494 e. The third-order valence-electron chi connectivity index (χ3n) is 8.18. The van der Waals surface area contributed by atoms with Crippen LogP contribution in [-0.4, -0.2) is 70.5 Å². The Balaban J connectivity index is 1.31. The van der Waals surface area contributed by atoms with Crippen LogP contribution in [0, 0.1) is 5.41 Å². The van der Waals surface area contributed by atoms with Crippen LogP contribution in [0.25, 0.3) is 17.0 Å². The second-order valence-corrected chi connectivity index (χ2v) is 11.3. The van der Waals surface area contributed by atoms with Gasteiger partial charge in [0.25, 0.3) is 0 Å². The molecule has 10 nitrogen and oxygen atoms in total. The monoisotopic (exact) mass is 538 g/mol. The van der Waals surface area contributed by atoms with Gasteiger partial charge in [-0.1, -0.05) is 12.6 Å². The second-order valence-electron chi connectivity index (χ2n) is 11.3. The van der Waals surface area contributed by atoms with E-state index in [0.29, 0.717) is 28.5 Å². The van der Waals surface area contributed by atoms with Crippen LogP contribution in [0.1, 0.15) is 19.3 Å². The number of amides is 1. The Kier molecular flexibility index (Phi) is 6.22. The van der Waals surface area contributed by atoms with E-state index in [9.17, 15) is 4.79 Å². The van der Waals surface area contributed by atoms with Crippen LogP contribution in [0.4, 0.5) is 23.0 Å². The molecule has 3 aliphatic carbocycles. The van der Waals surface area contributed by atoms with Crippen molar-refractivity contribution < 1.29 is 9.53 Å². The molecule has 10 heteroatoms. The summed E-state index contributed by atoms with van der Waals surface area (Å²) in [5.41, 5.74) is 5.11. The highest BCUT2D eigenvalue weighted by atomic mass is 16.5. The van der Waals surface area contributed by atoms with Crippen molar-refractivity contribution in [2.24, 2.45) is 5.41 Å². The number of rotatable bonds is 10. The summed E-state index contributed by atoms with van der Waals surface area (Å²) in [6.45, 7) is 4.73. The fourth-order valence-corrected chi connectivity index (χ4v) is 6.59. The number of aromatic nitrogens is 4. The van der Waals surface area contributed by atoms with Crippen molar-refractivity contribution in [3.63, 3.8) is 0 Å². The number of methoxy groups -OCH3 is 1. The molecule has 0 atom stereocenters.